The second-order valence-electron chi connectivity index (χ2n) is 4.54. The number of carboxylic acids is 1. The number of carbonyl (C=O) groups excluding carboxylic acids is 1. The van der Waals surface area contributed by atoms with Crippen molar-refractivity contribution in [3.63, 3.8) is 0 Å². The summed E-state index contributed by atoms with van der Waals surface area (Å²) in [4.78, 5) is 38.5. The number of aliphatic carboxylic acids is 1. The molecule has 21 heavy (non-hydrogen) atoms. The van der Waals surface area contributed by atoms with Crippen molar-refractivity contribution in [3.05, 3.63) is 33.7 Å². The highest BCUT2D eigenvalue weighted by atomic mass is 16.4. The van der Waals surface area contributed by atoms with E-state index < -0.39 is 35.3 Å². The third kappa shape index (κ3) is 2.55. The summed E-state index contributed by atoms with van der Waals surface area (Å²) < 4.78 is 1.19. The average Bonchev–Trinajstić information content (AvgIpc) is 2.42. The van der Waals surface area contributed by atoms with Crippen LogP contribution in [0, 0.1) is 6.92 Å². The zero-order valence-electron chi connectivity index (χ0n) is 11.4. The largest absolute Gasteiger partial charge is 0.505 e. The van der Waals surface area contributed by atoms with Crippen LogP contribution in [-0.4, -0.2) is 38.2 Å². The molecule has 0 aliphatic carbocycles. The van der Waals surface area contributed by atoms with E-state index in [1.165, 1.54) is 17.8 Å². The van der Waals surface area contributed by atoms with Crippen molar-refractivity contribution in [2.45, 2.75) is 6.92 Å². The third-order valence-electron chi connectivity index (χ3n) is 2.97. The summed E-state index contributed by atoms with van der Waals surface area (Å²) in [6.07, 6.45) is 1.49. The van der Waals surface area contributed by atoms with Crippen LogP contribution < -0.4 is 10.9 Å². The van der Waals surface area contributed by atoms with E-state index in [0.717, 1.165) is 5.56 Å². The first-order valence-electron chi connectivity index (χ1n) is 6.01. The van der Waals surface area contributed by atoms with E-state index in [-0.39, 0.29) is 5.52 Å². The van der Waals surface area contributed by atoms with E-state index in [1.54, 1.807) is 13.0 Å². The lowest BCUT2D eigenvalue weighted by Gasteiger charge is -2.11. The highest BCUT2D eigenvalue weighted by Crippen LogP contribution is 2.24. The molecule has 0 radical (unpaired) electrons. The Hall–Kier alpha value is -2.90. The van der Waals surface area contributed by atoms with Crippen LogP contribution in [0.1, 0.15) is 15.9 Å². The van der Waals surface area contributed by atoms with Crippen LogP contribution in [-0.2, 0) is 11.8 Å². The van der Waals surface area contributed by atoms with Gasteiger partial charge < -0.3 is 20.1 Å². The summed E-state index contributed by atoms with van der Waals surface area (Å²) >= 11 is 0. The summed E-state index contributed by atoms with van der Waals surface area (Å²) in [7, 11) is 1.44. The van der Waals surface area contributed by atoms with E-state index >= 15 is 0 Å². The fraction of sp³-hybridized carbons (Fsp3) is 0.231. The van der Waals surface area contributed by atoms with E-state index in [2.05, 4.69) is 4.98 Å². The van der Waals surface area contributed by atoms with Gasteiger partial charge in [0.05, 0.1) is 5.52 Å². The SMILES string of the molecule is Cc1cnc2c(O)c(C(=O)NCC(=O)O)c(=O)n(C)c2c1. The first kappa shape index (κ1) is 14.5. The number of aryl methyl sites for hydroxylation is 2. The lowest BCUT2D eigenvalue weighted by atomic mass is 10.1. The number of nitrogens with one attached hydrogen (secondary N) is 1. The number of aromatic nitrogens is 2. The molecule has 2 rings (SSSR count). The van der Waals surface area contributed by atoms with Crippen LogP contribution in [0.3, 0.4) is 0 Å². The zero-order chi connectivity index (χ0) is 15.7. The first-order chi connectivity index (χ1) is 9.82. The van der Waals surface area contributed by atoms with Gasteiger partial charge in [0.15, 0.2) is 5.75 Å². The van der Waals surface area contributed by atoms with Crippen molar-refractivity contribution in [1.29, 1.82) is 0 Å². The molecule has 3 N–H and O–H groups in total. The molecule has 0 aromatic carbocycles. The maximum absolute atomic E-state index is 12.2. The summed E-state index contributed by atoms with van der Waals surface area (Å²) in [5.41, 5.74) is 0.0216. The molecule has 0 atom stereocenters. The molecule has 0 aliphatic heterocycles. The Morgan fingerprint density at radius 2 is 2.10 bits per heavy atom. The molecule has 0 aliphatic rings. The number of rotatable bonds is 3. The lowest BCUT2D eigenvalue weighted by Crippen LogP contribution is -2.35. The van der Waals surface area contributed by atoms with E-state index in [4.69, 9.17) is 5.11 Å². The van der Waals surface area contributed by atoms with Crippen molar-refractivity contribution in [3.8, 4) is 5.75 Å². The van der Waals surface area contributed by atoms with Gasteiger partial charge in [0, 0.05) is 13.2 Å². The fourth-order valence-corrected chi connectivity index (χ4v) is 1.94. The molecule has 8 heteroatoms. The van der Waals surface area contributed by atoms with Crippen LogP contribution in [0.2, 0.25) is 0 Å². The first-order valence-corrected chi connectivity index (χ1v) is 6.01. The van der Waals surface area contributed by atoms with Gasteiger partial charge in [0.2, 0.25) is 0 Å². The van der Waals surface area contributed by atoms with E-state index in [0.29, 0.717) is 5.52 Å². The van der Waals surface area contributed by atoms with Crippen molar-refractivity contribution in [2.24, 2.45) is 7.05 Å². The summed E-state index contributed by atoms with van der Waals surface area (Å²) in [6.45, 7) is 1.13. The van der Waals surface area contributed by atoms with E-state index in [1.807, 2.05) is 5.32 Å². The van der Waals surface area contributed by atoms with Crippen LogP contribution in [0.5, 0.6) is 5.75 Å². The van der Waals surface area contributed by atoms with Crippen molar-refractivity contribution >= 4 is 22.9 Å². The maximum atomic E-state index is 12.2. The average molecular weight is 291 g/mol. The van der Waals surface area contributed by atoms with Crippen LogP contribution >= 0.6 is 0 Å². The molecular formula is C13H13N3O5. The number of fused-ring (bicyclic) bond motifs is 1. The van der Waals surface area contributed by atoms with Gasteiger partial charge >= 0.3 is 5.97 Å². The maximum Gasteiger partial charge on any atom is 0.322 e. The summed E-state index contributed by atoms with van der Waals surface area (Å²) in [5, 5.41) is 20.7. The molecular weight excluding hydrogens is 278 g/mol. The highest BCUT2D eigenvalue weighted by molar-refractivity contribution is 6.02. The topological polar surface area (TPSA) is 122 Å². The second kappa shape index (κ2) is 5.23. The Morgan fingerprint density at radius 1 is 1.43 bits per heavy atom. The molecule has 110 valence electrons. The summed E-state index contributed by atoms with van der Waals surface area (Å²) in [5.74, 6) is -2.77. The van der Waals surface area contributed by atoms with Gasteiger partial charge in [-0.05, 0) is 18.6 Å². The zero-order valence-corrected chi connectivity index (χ0v) is 11.4. The third-order valence-corrected chi connectivity index (χ3v) is 2.97. The molecule has 0 spiro atoms. The second-order valence-corrected chi connectivity index (χ2v) is 4.54. The standard InChI is InChI=1S/C13H13N3O5/c1-6-3-7-10(14-4-6)11(19)9(13(21)16(7)2)12(20)15-5-8(17)18/h3-4,19H,5H2,1-2H3,(H,15,20)(H,17,18). The molecule has 0 saturated heterocycles. The molecule has 0 saturated carbocycles. The quantitative estimate of drug-likeness (QED) is 0.717. The van der Waals surface area contributed by atoms with Crippen molar-refractivity contribution in [2.75, 3.05) is 6.54 Å². The minimum Gasteiger partial charge on any atom is -0.505 e. The Balaban J connectivity index is 2.65. The summed E-state index contributed by atoms with van der Waals surface area (Å²) in [6, 6.07) is 1.66. The number of carbonyl (C=O) groups is 2. The molecule has 2 heterocycles. The Kier molecular flexibility index (Phi) is 3.62. The Labute approximate surface area is 118 Å². The van der Waals surface area contributed by atoms with Gasteiger partial charge in [-0.15, -0.1) is 0 Å². The van der Waals surface area contributed by atoms with Crippen molar-refractivity contribution in [1.82, 2.24) is 14.9 Å². The van der Waals surface area contributed by atoms with Crippen molar-refractivity contribution < 1.29 is 19.8 Å². The molecule has 0 bridgehead atoms. The minimum absolute atomic E-state index is 0.100. The van der Waals surface area contributed by atoms with Gasteiger partial charge in [0.1, 0.15) is 17.6 Å². The molecule has 8 nitrogen and oxygen atoms in total. The van der Waals surface area contributed by atoms with Gasteiger partial charge in [-0.25, -0.2) is 0 Å². The number of carboxylic acid groups (broad SMARTS) is 1. The molecule has 2 aromatic rings. The number of amides is 1. The van der Waals surface area contributed by atoms with E-state index in [9.17, 15) is 19.5 Å². The van der Waals surface area contributed by atoms with Gasteiger partial charge in [-0.3, -0.25) is 19.4 Å². The fourth-order valence-electron chi connectivity index (χ4n) is 1.94. The number of hydrogen-bond donors (Lipinski definition) is 3. The number of hydrogen-bond acceptors (Lipinski definition) is 5. The van der Waals surface area contributed by atoms with Crippen LogP contribution in [0.25, 0.3) is 11.0 Å². The van der Waals surface area contributed by atoms with Gasteiger partial charge in [-0.1, -0.05) is 0 Å². The van der Waals surface area contributed by atoms with Crippen LogP contribution in [0.15, 0.2) is 17.1 Å². The lowest BCUT2D eigenvalue weighted by molar-refractivity contribution is -0.135. The Bertz CT molecular complexity index is 810. The molecule has 1 amide bonds. The number of aromatic hydroxyl groups is 1. The molecule has 0 unspecified atom stereocenters. The van der Waals surface area contributed by atoms with Crippen LogP contribution in [0.4, 0.5) is 0 Å². The smallest absolute Gasteiger partial charge is 0.322 e. The predicted molar refractivity (Wildman–Crippen MR) is 73.4 cm³/mol. The highest BCUT2D eigenvalue weighted by Gasteiger charge is 2.22. The number of nitrogens with zero attached hydrogens (tertiary/aromatic N) is 2. The number of pyridine rings is 2. The Morgan fingerprint density at radius 3 is 2.71 bits per heavy atom. The minimum atomic E-state index is -1.26. The normalized spacial score (nSPS) is 10.6. The molecule has 0 fully saturated rings. The van der Waals surface area contributed by atoms with Gasteiger partial charge in [0.25, 0.3) is 11.5 Å². The predicted octanol–water partition coefficient (Wildman–Crippen LogP) is -0.238. The monoisotopic (exact) mass is 291 g/mol. The molecule has 2 aromatic heterocycles. The van der Waals surface area contributed by atoms with Gasteiger partial charge in [-0.2, -0.15) is 0 Å².